The highest BCUT2D eigenvalue weighted by Crippen LogP contribution is 2.40. The number of hydrogen-bond acceptors (Lipinski definition) is 19. The number of likely N-dealkylation sites (tertiary alicyclic amines) is 2. The Labute approximate surface area is 550 Å². The second-order valence-electron chi connectivity index (χ2n) is 23.6. The topological polar surface area (TPSA) is 268 Å². The van der Waals surface area contributed by atoms with E-state index in [4.69, 9.17) is 29.8 Å². The van der Waals surface area contributed by atoms with Gasteiger partial charge < -0.3 is 35.3 Å². The van der Waals surface area contributed by atoms with E-state index in [9.17, 15) is 28.9 Å². The Bertz CT molecular complexity index is 4150. The van der Waals surface area contributed by atoms with Crippen LogP contribution in [0.2, 0.25) is 0 Å². The molecule has 22 nitrogen and oxygen atoms in total. The highest BCUT2D eigenvalue weighted by atomic mass is 32.1. The van der Waals surface area contributed by atoms with Gasteiger partial charge in [-0.2, -0.15) is 10.5 Å². The molecule has 4 aliphatic heterocycles. The molecule has 10 aromatic rings. The molecule has 0 saturated carbocycles. The zero-order chi connectivity index (χ0) is 64.9. The van der Waals surface area contributed by atoms with Gasteiger partial charge in [-0.15, -0.1) is 0 Å². The molecule has 2 aromatic carbocycles. The number of anilines is 4. The molecule has 4 aliphatic rings. The first-order valence-electron chi connectivity index (χ1n) is 30.7. The Morgan fingerprint density at radius 2 is 0.926 bits per heavy atom. The number of carbonyl (C=O) groups excluding carboxylic acids is 2. The van der Waals surface area contributed by atoms with E-state index in [1.807, 2.05) is 93.0 Å². The predicted molar refractivity (Wildman–Crippen MR) is 357 cm³/mol. The Hall–Kier alpha value is -9.99. The van der Waals surface area contributed by atoms with Crippen LogP contribution in [0.5, 0.6) is 0 Å². The number of carbonyl (C=O) groups is 3. The second-order valence-corrected chi connectivity index (χ2v) is 25.5. The van der Waals surface area contributed by atoms with Crippen molar-refractivity contribution in [2.45, 2.75) is 59.8 Å². The first-order chi connectivity index (χ1) is 45.2. The van der Waals surface area contributed by atoms with Gasteiger partial charge in [0.1, 0.15) is 79.5 Å². The fourth-order valence-electron chi connectivity index (χ4n) is 12.0. The lowest BCUT2D eigenvalue weighted by atomic mass is 9.85. The number of aryl methyl sites for hydroxylation is 2. The summed E-state index contributed by atoms with van der Waals surface area (Å²) < 4.78 is 31.1. The summed E-state index contributed by atoms with van der Waals surface area (Å²) >= 11 is 2.56. The van der Waals surface area contributed by atoms with Crippen molar-refractivity contribution in [2.75, 3.05) is 76.3 Å². The molecule has 4 fully saturated rings. The third-order valence-corrected chi connectivity index (χ3v) is 19.3. The van der Waals surface area contributed by atoms with E-state index in [1.165, 1.54) is 59.8 Å². The minimum atomic E-state index is -0.343. The summed E-state index contributed by atoms with van der Waals surface area (Å²) in [5.41, 5.74) is 9.17. The number of fused-ring (bicyclic) bond motifs is 2. The molecule has 0 spiro atoms. The van der Waals surface area contributed by atoms with Crippen molar-refractivity contribution in [2.24, 2.45) is 23.7 Å². The molecular weight excluding hydrogens is 1230 g/mol. The second kappa shape index (κ2) is 28.9. The predicted octanol–water partition coefficient (Wildman–Crippen LogP) is 10.1. The molecule has 482 valence electrons. The van der Waals surface area contributed by atoms with E-state index in [1.54, 1.807) is 49.1 Å². The zero-order valence-electron chi connectivity index (χ0n) is 51.6. The number of pyridine rings is 2. The average molecular weight is 1310 g/mol. The summed E-state index contributed by atoms with van der Waals surface area (Å²) in [5, 5.41) is 34.4. The van der Waals surface area contributed by atoms with Gasteiger partial charge in [0.25, 0.3) is 6.47 Å². The van der Waals surface area contributed by atoms with Crippen molar-refractivity contribution in [3.63, 3.8) is 0 Å². The number of halogens is 2. The van der Waals surface area contributed by atoms with Crippen LogP contribution in [0.15, 0.2) is 110 Å². The molecule has 0 radical (unpaired) electrons. The van der Waals surface area contributed by atoms with Crippen molar-refractivity contribution in [3.8, 4) is 56.9 Å². The molecule has 94 heavy (non-hydrogen) atoms. The minimum absolute atomic E-state index is 0. The minimum Gasteiger partial charge on any atom is -0.483 e. The van der Waals surface area contributed by atoms with Crippen LogP contribution in [-0.2, 0) is 40.1 Å². The van der Waals surface area contributed by atoms with E-state index in [-0.39, 0.29) is 50.2 Å². The average Bonchev–Trinajstić information content (AvgIpc) is 1.61. The van der Waals surface area contributed by atoms with Crippen LogP contribution >= 0.6 is 22.7 Å². The van der Waals surface area contributed by atoms with Crippen LogP contribution in [-0.4, -0.2) is 148 Å². The van der Waals surface area contributed by atoms with Gasteiger partial charge in [-0.3, -0.25) is 23.2 Å². The van der Waals surface area contributed by atoms with Crippen LogP contribution in [0.1, 0.15) is 66.9 Å². The van der Waals surface area contributed by atoms with Crippen LogP contribution in [0, 0.1) is 58.0 Å². The number of thiazole rings is 2. The summed E-state index contributed by atoms with van der Waals surface area (Å²) in [6, 6.07) is 24.3. The van der Waals surface area contributed by atoms with Gasteiger partial charge in [-0.05, 0) is 148 Å². The fourth-order valence-corrected chi connectivity index (χ4v) is 13.7. The third-order valence-electron chi connectivity index (χ3n) is 17.3. The monoisotopic (exact) mass is 1300 g/mol. The van der Waals surface area contributed by atoms with Crippen LogP contribution in [0.3, 0.4) is 0 Å². The summed E-state index contributed by atoms with van der Waals surface area (Å²) in [6.07, 6.45) is 15.2. The highest BCUT2D eigenvalue weighted by Gasteiger charge is 2.35. The Kier molecular flexibility index (Phi) is 20.1. The number of benzene rings is 2. The molecule has 14 rings (SSSR count). The molecule has 8 aromatic heterocycles. The lowest BCUT2D eigenvalue weighted by molar-refractivity contribution is -0.138. The van der Waals surface area contributed by atoms with Crippen molar-refractivity contribution in [1.82, 2.24) is 69.1 Å². The molecule has 0 bridgehead atoms. The van der Waals surface area contributed by atoms with Gasteiger partial charge in [0.15, 0.2) is 10.3 Å². The number of aromatic nitrogens is 10. The number of rotatable bonds is 18. The van der Waals surface area contributed by atoms with Crippen LogP contribution < -0.4 is 20.4 Å². The van der Waals surface area contributed by atoms with Crippen molar-refractivity contribution in [1.29, 1.82) is 10.5 Å². The van der Waals surface area contributed by atoms with E-state index >= 15 is 0 Å². The number of nitrogens with zero attached hydrogens (tertiary/aromatic N) is 16. The Balaban J connectivity index is 0.000000182. The molecule has 4 saturated heterocycles. The Morgan fingerprint density at radius 1 is 0.574 bits per heavy atom. The normalized spacial score (nSPS) is 14.6. The molecule has 3 N–H and O–H groups in total. The smallest absolute Gasteiger partial charge is 0.290 e. The van der Waals surface area contributed by atoms with Crippen molar-refractivity contribution in [3.05, 3.63) is 154 Å². The molecule has 0 aliphatic carbocycles. The fraction of sp³-hybridized carbons (Fsp3) is 0.338. The quantitative estimate of drug-likeness (QED) is 0.0674. The van der Waals surface area contributed by atoms with Crippen LogP contribution in [0.25, 0.3) is 56.1 Å². The maximum atomic E-state index is 13.5. The molecule has 26 heteroatoms. The van der Waals surface area contributed by atoms with Gasteiger partial charge >= 0.3 is 0 Å². The first-order valence-corrected chi connectivity index (χ1v) is 32.3. The van der Waals surface area contributed by atoms with Gasteiger partial charge in [0.05, 0.1) is 24.2 Å². The molecular formula is C68H70F2N18O4S2. The number of nitrogens with one attached hydrogen (secondary N) is 2. The van der Waals surface area contributed by atoms with Gasteiger partial charge in [-0.1, -0.05) is 43.9 Å². The summed E-state index contributed by atoms with van der Waals surface area (Å²) in [4.78, 5) is 79.9. The van der Waals surface area contributed by atoms with Gasteiger partial charge in [0, 0.05) is 111 Å². The highest BCUT2D eigenvalue weighted by molar-refractivity contribution is 7.17. The summed E-state index contributed by atoms with van der Waals surface area (Å²) in [5.74, 6) is 4.92. The first kappa shape index (κ1) is 65.5. The zero-order valence-corrected chi connectivity index (χ0v) is 53.2. The molecule has 12 heterocycles. The van der Waals surface area contributed by atoms with Gasteiger partial charge in [0.2, 0.25) is 11.8 Å². The maximum Gasteiger partial charge on any atom is 0.290 e. The summed E-state index contributed by atoms with van der Waals surface area (Å²) in [6.45, 7) is 11.6. The van der Waals surface area contributed by atoms with Crippen molar-refractivity contribution >= 4 is 74.2 Å². The van der Waals surface area contributed by atoms with E-state index in [0.717, 1.165) is 121 Å². The van der Waals surface area contributed by atoms with Gasteiger partial charge in [-0.25, -0.2) is 48.7 Å². The number of amides is 2. The molecule has 0 unspecified atom stereocenters. The summed E-state index contributed by atoms with van der Waals surface area (Å²) in [7, 11) is 3.81. The maximum absolute atomic E-state index is 13.5. The number of imidazole rings is 2. The third kappa shape index (κ3) is 14.0. The lowest BCUT2D eigenvalue weighted by Gasteiger charge is -2.42. The number of nitriles is 2. The SMILES string of the molecule is C.CCc1nc2ccc(-c3cnc(CC(=O)N4CC(CC5CNC5)C4)nc3)cn2c1N(C)c1nc(-c2ccc(F)cc2)c(C#N)s1.CCc1nc2ccc(-c3cnc(CC(=O)N4CC(CC5CNC5)C4)nc3)cn2c1N(C)c1nc(-c2ccc(F)cc2)c(C#N)s1.O=CO. The van der Waals surface area contributed by atoms with Crippen LogP contribution in [0.4, 0.5) is 30.7 Å². The van der Waals surface area contributed by atoms with E-state index in [2.05, 4.69) is 42.7 Å². The molecule has 0 atom stereocenters. The standard InChI is InChI=1S/2C33H32FN9OS.CH2O2.CH4/c2*1-3-26-32(41(2)33-40-31(27(12-35)45-33)22-4-7-25(34)8-5-22)43-19-23(6-9-29(43)39-26)24-15-37-28(38-16-24)11-30(44)42-17-21(18-42)10-20-13-36-14-20;2-1-3;/h2*4-9,15-16,19-21,36H,3,10-11,13-14,17-18H2,1-2H3;1H,(H,2,3);1H4. The van der Waals surface area contributed by atoms with E-state index < -0.39 is 0 Å². The largest absolute Gasteiger partial charge is 0.483 e. The molecule has 2 amide bonds. The van der Waals surface area contributed by atoms with E-state index in [0.29, 0.717) is 78.9 Å². The number of hydrogen-bond donors (Lipinski definition) is 3. The Morgan fingerprint density at radius 3 is 1.24 bits per heavy atom. The van der Waals surface area contributed by atoms with Crippen molar-refractivity contribution < 1.29 is 28.3 Å². The number of carboxylic acid groups (broad SMARTS) is 1. The lowest BCUT2D eigenvalue weighted by Crippen LogP contribution is -2.53.